The maximum Gasteiger partial charge on any atom is 0.159 e. The van der Waals surface area contributed by atoms with Gasteiger partial charge in [0.05, 0.1) is 0 Å². The van der Waals surface area contributed by atoms with Crippen molar-refractivity contribution in [2.24, 2.45) is 0 Å². The number of hydrogen-bond donors (Lipinski definition) is 0. The molecule has 0 heterocycles. The van der Waals surface area contributed by atoms with Crippen LogP contribution >= 0.6 is 0 Å². The van der Waals surface area contributed by atoms with Gasteiger partial charge >= 0.3 is 0 Å². The Morgan fingerprint density at radius 1 is 0.667 bits per heavy atom. The van der Waals surface area contributed by atoms with Gasteiger partial charge in [-0.05, 0) is 37.8 Å². The van der Waals surface area contributed by atoms with E-state index >= 15 is 0 Å². The Bertz CT molecular complexity index is 673. The van der Waals surface area contributed by atoms with E-state index in [1.807, 2.05) is 24.3 Å². The fourth-order valence-electron chi connectivity index (χ4n) is 3.95. The van der Waals surface area contributed by atoms with Crippen LogP contribution in [-0.2, 0) is 5.41 Å². The Labute approximate surface area is 143 Å². The fourth-order valence-corrected chi connectivity index (χ4v) is 3.95. The molecule has 24 heavy (non-hydrogen) atoms. The molecule has 1 saturated carbocycles. The molecule has 2 heteroatoms. The van der Waals surface area contributed by atoms with Crippen LogP contribution in [0.2, 0.25) is 0 Å². The first kappa shape index (κ1) is 16.6. The summed E-state index contributed by atoms with van der Waals surface area (Å²) in [5, 5.41) is 0. The Morgan fingerprint density at radius 2 is 1.04 bits per heavy atom. The lowest BCUT2D eigenvalue weighted by Crippen LogP contribution is -2.30. The maximum atomic E-state index is 11.6. The second kappa shape index (κ2) is 6.72. The Balaban J connectivity index is 2.04. The largest absolute Gasteiger partial charge is 0.295 e. The number of benzene rings is 2. The van der Waals surface area contributed by atoms with E-state index in [2.05, 4.69) is 24.3 Å². The van der Waals surface area contributed by atoms with Crippen molar-refractivity contribution in [1.82, 2.24) is 0 Å². The maximum absolute atomic E-state index is 11.6. The Hall–Kier alpha value is -2.22. The summed E-state index contributed by atoms with van der Waals surface area (Å²) in [6.07, 6.45) is 5.93. The third kappa shape index (κ3) is 3.06. The van der Waals surface area contributed by atoms with Crippen molar-refractivity contribution in [3.63, 3.8) is 0 Å². The molecule has 2 aromatic carbocycles. The van der Waals surface area contributed by atoms with Crippen LogP contribution in [0, 0.1) is 0 Å². The predicted molar refractivity (Wildman–Crippen MR) is 96.8 cm³/mol. The Morgan fingerprint density at radius 3 is 1.38 bits per heavy atom. The number of Topliss-reactive ketones (excluding diaryl/α,β-unsaturated/α-hetero) is 2. The molecular weight excluding hydrogens is 296 g/mol. The SMILES string of the molecule is CC(=O)c1ccc(C2(c3ccc(C(C)=O)cc3)CCCCC2)cc1. The van der Waals surface area contributed by atoms with Crippen LogP contribution in [0.3, 0.4) is 0 Å². The first-order valence-corrected chi connectivity index (χ1v) is 8.76. The molecular formula is C22H24O2. The van der Waals surface area contributed by atoms with E-state index in [0.717, 1.165) is 24.0 Å². The van der Waals surface area contributed by atoms with Crippen molar-refractivity contribution in [3.05, 3.63) is 70.8 Å². The molecule has 0 saturated heterocycles. The first-order valence-electron chi connectivity index (χ1n) is 8.76. The van der Waals surface area contributed by atoms with Crippen LogP contribution in [0.15, 0.2) is 48.5 Å². The second-order valence-electron chi connectivity index (χ2n) is 6.91. The van der Waals surface area contributed by atoms with Crippen LogP contribution in [0.4, 0.5) is 0 Å². The molecule has 0 bridgehead atoms. The first-order chi connectivity index (χ1) is 11.5. The molecule has 0 aromatic heterocycles. The average Bonchev–Trinajstić information content (AvgIpc) is 2.62. The number of hydrogen-bond acceptors (Lipinski definition) is 2. The highest BCUT2D eigenvalue weighted by atomic mass is 16.1. The van der Waals surface area contributed by atoms with Gasteiger partial charge in [0, 0.05) is 16.5 Å². The molecule has 2 nitrogen and oxygen atoms in total. The van der Waals surface area contributed by atoms with Crippen molar-refractivity contribution in [1.29, 1.82) is 0 Å². The van der Waals surface area contributed by atoms with Gasteiger partial charge in [0.25, 0.3) is 0 Å². The molecule has 2 aromatic rings. The van der Waals surface area contributed by atoms with Gasteiger partial charge in [-0.1, -0.05) is 67.8 Å². The minimum absolute atomic E-state index is 0.00287. The summed E-state index contributed by atoms with van der Waals surface area (Å²) in [5.74, 6) is 0.204. The fraction of sp³-hybridized carbons (Fsp3) is 0.364. The molecule has 1 aliphatic carbocycles. The highest BCUT2D eigenvalue weighted by Gasteiger charge is 2.35. The van der Waals surface area contributed by atoms with E-state index in [1.165, 1.54) is 30.4 Å². The van der Waals surface area contributed by atoms with Crippen LogP contribution in [0.5, 0.6) is 0 Å². The summed E-state index contributed by atoms with van der Waals surface area (Å²) < 4.78 is 0. The number of rotatable bonds is 4. The number of carbonyl (C=O) groups excluding carboxylic acids is 2. The van der Waals surface area contributed by atoms with Crippen molar-refractivity contribution in [3.8, 4) is 0 Å². The topological polar surface area (TPSA) is 34.1 Å². The lowest BCUT2D eigenvalue weighted by atomic mass is 9.65. The highest BCUT2D eigenvalue weighted by Crippen LogP contribution is 2.45. The normalized spacial score (nSPS) is 16.6. The van der Waals surface area contributed by atoms with Crippen LogP contribution in [0.25, 0.3) is 0 Å². The summed E-state index contributed by atoms with van der Waals surface area (Å²) in [5.41, 5.74) is 4.09. The van der Waals surface area contributed by atoms with Crippen LogP contribution in [0.1, 0.15) is 77.8 Å². The monoisotopic (exact) mass is 320 g/mol. The summed E-state index contributed by atoms with van der Waals surface area (Å²) in [7, 11) is 0. The van der Waals surface area contributed by atoms with E-state index < -0.39 is 0 Å². The van der Waals surface area contributed by atoms with E-state index in [9.17, 15) is 9.59 Å². The van der Waals surface area contributed by atoms with Gasteiger partial charge in [-0.3, -0.25) is 9.59 Å². The summed E-state index contributed by atoms with van der Waals surface area (Å²) >= 11 is 0. The third-order valence-electron chi connectivity index (χ3n) is 5.40. The lowest BCUT2D eigenvalue weighted by molar-refractivity contribution is 0.100. The van der Waals surface area contributed by atoms with Crippen molar-refractivity contribution >= 4 is 11.6 Å². The zero-order chi connectivity index (χ0) is 17.2. The molecule has 0 radical (unpaired) electrons. The van der Waals surface area contributed by atoms with Crippen LogP contribution in [-0.4, -0.2) is 11.6 Å². The zero-order valence-electron chi connectivity index (χ0n) is 14.5. The molecule has 0 aliphatic heterocycles. The molecule has 0 atom stereocenters. The van der Waals surface area contributed by atoms with Crippen molar-refractivity contribution in [2.45, 2.75) is 51.4 Å². The van der Waals surface area contributed by atoms with Crippen molar-refractivity contribution in [2.75, 3.05) is 0 Å². The second-order valence-corrected chi connectivity index (χ2v) is 6.91. The molecule has 0 amide bonds. The average molecular weight is 320 g/mol. The zero-order valence-corrected chi connectivity index (χ0v) is 14.5. The molecule has 3 rings (SSSR count). The van der Waals surface area contributed by atoms with Gasteiger partial charge in [-0.15, -0.1) is 0 Å². The van der Waals surface area contributed by atoms with E-state index in [4.69, 9.17) is 0 Å². The summed E-state index contributed by atoms with van der Waals surface area (Å²) in [6, 6.07) is 16.2. The van der Waals surface area contributed by atoms with E-state index in [-0.39, 0.29) is 17.0 Å². The van der Waals surface area contributed by atoms with Gasteiger partial charge in [-0.2, -0.15) is 0 Å². The quantitative estimate of drug-likeness (QED) is 0.712. The molecule has 124 valence electrons. The van der Waals surface area contributed by atoms with Gasteiger partial charge in [-0.25, -0.2) is 0 Å². The molecule has 1 fully saturated rings. The molecule has 0 unspecified atom stereocenters. The molecule has 0 N–H and O–H groups in total. The number of carbonyl (C=O) groups is 2. The molecule has 0 spiro atoms. The standard InChI is InChI=1S/C22H24O2/c1-16(23)18-6-10-20(11-7-18)22(14-4-3-5-15-22)21-12-8-19(9-13-21)17(2)24/h6-13H,3-5,14-15H2,1-2H3. The minimum Gasteiger partial charge on any atom is -0.295 e. The highest BCUT2D eigenvalue weighted by molar-refractivity contribution is 5.94. The minimum atomic E-state index is 0.00287. The van der Waals surface area contributed by atoms with E-state index in [1.54, 1.807) is 13.8 Å². The number of ketones is 2. The van der Waals surface area contributed by atoms with Gasteiger partial charge in [0.2, 0.25) is 0 Å². The summed E-state index contributed by atoms with van der Waals surface area (Å²) in [6.45, 7) is 3.21. The lowest BCUT2D eigenvalue weighted by Gasteiger charge is -2.38. The smallest absolute Gasteiger partial charge is 0.159 e. The van der Waals surface area contributed by atoms with Gasteiger partial charge < -0.3 is 0 Å². The third-order valence-corrected chi connectivity index (χ3v) is 5.40. The van der Waals surface area contributed by atoms with Gasteiger partial charge in [0.15, 0.2) is 11.6 Å². The van der Waals surface area contributed by atoms with Gasteiger partial charge in [0.1, 0.15) is 0 Å². The Kier molecular flexibility index (Phi) is 4.66. The van der Waals surface area contributed by atoms with Crippen LogP contribution < -0.4 is 0 Å². The molecule has 1 aliphatic rings. The van der Waals surface area contributed by atoms with E-state index in [0.29, 0.717) is 0 Å². The predicted octanol–water partition coefficient (Wildman–Crippen LogP) is 5.34. The van der Waals surface area contributed by atoms with Crippen molar-refractivity contribution < 1.29 is 9.59 Å². The summed E-state index contributed by atoms with van der Waals surface area (Å²) in [4.78, 5) is 23.1.